The van der Waals surface area contributed by atoms with E-state index in [1.807, 2.05) is 20.8 Å². The lowest BCUT2D eigenvalue weighted by Crippen LogP contribution is -2.13. The minimum absolute atomic E-state index is 0.0221. The number of H-pyrrole nitrogens is 1. The average molecular weight is 154 g/mol. The Morgan fingerprint density at radius 3 is 2.09 bits per heavy atom. The third-order valence-corrected chi connectivity index (χ3v) is 1.57. The number of aromatic amines is 1. The van der Waals surface area contributed by atoms with Crippen molar-refractivity contribution in [3.8, 4) is 5.88 Å². The highest BCUT2D eigenvalue weighted by Gasteiger charge is 2.18. The first-order chi connectivity index (χ1) is 4.91. The van der Waals surface area contributed by atoms with Crippen LogP contribution in [-0.4, -0.2) is 15.1 Å². The zero-order valence-corrected chi connectivity index (χ0v) is 7.39. The van der Waals surface area contributed by atoms with E-state index >= 15 is 0 Å². The molecule has 3 heteroatoms. The maximum atomic E-state index is 9.16. The van der Waals surface area contributed by atoms with E-state index in [2.05, 4.69) is 9.97 Å². The molecule has 2 N–H and O–H groups in total. The van der Waals surface area contributed by atoms with E-state index in [9.17, 15) is 0 Å². The fourth-order valence-corrected chi connectivity index (χ4v) is 0.806. The van der Waals surface area contributed by atoms with Crippen LogP contribution in [0.25, 0.3) is 0 Å². The van der Waals surface area contributed by atoms with Crippen LogP contribution in [0.3, 0.4) is 0 Å². The van der Waals surface area contributed by atoms with E-state index in [-0.39, 0.29) is 11.3 Å². The molecule has 0 aliphatic rings. The van der Waals surface area contributed by atoms with Gasteiger partial charge in [-0.05, 0) is 6.92 Å². The molecule has 0 atom stereocenters. The van der Waals surface area contributed by atoms with Crippen LogP contribution in [0.1, 0.15) is 32.3 Å². The highest BCUT2D eigenvalue weighted by atomic mass is 16.3. The fraction of sp³-hybridized carbons (Fsp3) is 0.625. The van der Waals surface area contributed by atoms with Gasteiger partial charge in [0.2, 0.25) is 5.88 Å². The smallest absolute Gasteiger partial charge is 0.232 e. The molecule has 1 heterocycles. The Labute approximate surface area is 66.5 Å². The summed E-state index contributed by atoms with van der Waals surface area (Å²) >= 11 is 0. The van der Waals surface area contributed by atoms with Crippen molar-refractivity contribution in [2.24, 2.45) is 0 Å². The molecule has 11 heavy (non-hydrogen) atoms. The Balaban J connectivity index is 3.08. The second kappa shape index (κ2) is 2.26. The largest absolute Gasteiger partial charge is 0.492 e. The number of hydrogen-bond acceptors (Lipinski definition) is 2. The molecule has 62 valence electrons. The standard InChI is InChI=1S/C8H14N2O/c1-5-6(11)10-7(9-5)8(2,3)4/h11H,1-4H3,(H,9,10). The van der Waals surface area contributed by atoms with E-state index in [0.29, 0.717) is 0 Å². The van der Waals surface area contributed by atoms with Gasteiger partial charge in [-0.15, -0.1) is 0 Å². The lowest BCUT2D eigenvalue weighted by Gasteiger charge is -2.13. The van der Waals surface area contributed by atoms with Crippen LogP contribution in [0.15, 0.2) is 0 Å². The van der Waals surface area contributed by atoms with E-state index < -0.39 is 0 Å². The van der Waals surface area contributed by atoms with Crippen LogP contribution >= 0.6 is 0 Å². The van der Waals surface area contributed by atoms with E-state index in [0.717, 1.165) is 11.5 Å². The molecule has 0 spiro atoms. The number of nitrogens with zero attached hydrogens (tertiary/aromatic N) is 1. The summed E-state index contributed by atoms with van der Waals surface area (Å²) in [6.07, 6.45) is 0. The number of nitrogens with one attached hydrogen (secondary N) is 1. The zero-order chi connectivity index (χ0) is 8.65. The van der Waals surface area contributed by atoms with Gasteiger partial charge in [0.15, 0.2) is 0 Å². The van der Waals surface area contributed by atoms with Gasteiger partial charge < -0.3 is 10.1 Å². The van der Waals surface area contributed by atoms with E-state index in [1.54, 1.807) is 6.92 Å². The maximum absolute atomic E-state index is 9.16. The minimum Gasteiger partial charge on any atom is -0.492 e. The molecule has 0 fully saturated rings. The second-order valence-electron chi connectivity index (χ2n) is 3.78. The predicted octanol–water partition coefficient (Wildman–Crippen LogP) is 1.72. The van der Waals surface area contributed by atoms with Crippen molar-refractivity contribution in [3.63, 3.8) is 0 Å². The third kappa shape index (κ3) is 1.53. The normalized spacial score (nSPS) is 12.0. The minimum atomic E-state index is -0.0221. The van der Waals surface area contributed by atoms with Gasteiger partial charge in [0.05, 0.1) is 5.69 Å². The molecule has 3 nitrogen and oxygen atoms in total. The molecule has 0 radical (unpaired) electrons. The SMILES string of the molecule is Cc1[nH]c(C(C)(C)C)nc1O. The maximum Gasteiger partial charge on any atom is 0.232 e. The molecule has 0 amide bonds. The topological polar surface area (TPSA) is 48.9 Å². The summed E-state index contributed by atoms with van der Waals surface area (Å²) in [5.74, 6) is 0.933. The molecule has 0 aliphatic heterocycles. The van der Waals surface area contributed by atoms with Crippen molar-refractivity contribution in [1.82, 2.24) is 9.97 Å². The monoisotopic (exact) mass is 154 g/mol. The number of rotatable bonds is 0. The number of aryl methyl sites for hydroxylation is 1. The highest BCUT2D eigenvalue weighted by molar-refractivity contribution is 5.20. The highest BCUT2D eigenvalue weighted by Crippen LogP contribution is 2.22. The first kappa shape index (κ1) is 8.11. The molecule has 1 aromatic heterocycles. The summed E-state index contributed by atoms with van der Waals surface area (Å²) in [7, 11) is 0. The summed E-state index contributed by atoms with van der Waals surface area (Å²) in [5.41, 5.74) is 0.709. The van der Waals surface area contributed by atoms with Gasteiger partial charge in [0.1, 0.15) is 5.82 Å². The van der Waals surface area contributed by atoms with Gasteiger partial charge in [0.25, 0.3) is 0 Å². The average Bonchev–Trinajstić information content (AvgIpc) is 2.11. The van der Waals surface area contributed by atoms with Gasteiger partial charge in [-0.1, -0.05) is 20.8 Å². The van der Waals surface area contributed by atoms with Crippen molar-refractivity contribution in [1.29, 1.82) is 0 Å². The Morgan fingerprint density at radius 2 is 1.91 bits per heavy atom. The molecular formula is C8H14N2O. The van der Waals surface area contributed by atoms with Gasteiger partial charge in [0, 0.05) is 5.41 Å². The second-order valence-corrected chi connectivity index (χ2v) is 3.78. The zero-order valence-electron chi connectivity index (χ0n) is 7.39. The van der Waals surface area contributed by atoms with Crippen molar-refractivity contribution in [3.05, 3.63) is 11.5 Å². The molecule has 0 aromatic carbocycles. The Morgan fingerprint density at radius 1 is 1.36 bits per heavy atom. The van der Waals surface area contributed by atoms with Crippen LogP contribution in [0, 0.1) is 6.92 Å². The van der Waals surface area contributed by atoms with Gasteiger partial charge in [-0.2, -0.15) is 4.98 Å². The number of aromatic nitrogens is 2. The summed E-state index contributed by atoms with van der Waals surface area (Å²) in [6.45, 7) is 7.94. The molecule has 0 saturated carbocycles. The number of imidazole rings is 1. The number of hydrogen-bond donors (Lipinski definition) is 2. The molecule has 0 unspecified atom stereocenters. The van der Waals surface area contributed by atoms with Crippen LogP contribution in [0.5, 0.6) is 5.88 Å². The lowest BCUT2D eigenvalue weighted by atomic mass is 9.96. The third-order valence-electron chi connectivity index (χ3n) is 1.57. The van der Waals surface area contributed by atoms with Crippen molar-refractivity contribution >= 4 is 0 Å². The summed E-state index contributed by atoms with van der Waals surface area (Å²) in [4.78, 5) is 7.00. The Kier molecular flexibility index (Phi) is 1.66. The van der Waals surface area contributed by atoms with Gasteiger partial charge in [-0.25, -0.2) is 0 Å². The first-order valence-corrected chi connectivity index (χ1v) is 3.67. The summed E-state index contributed by atoms with van der Waals surface area (Å²) < 4.78 is 0. The fourth-order valence-electron chi connectivity index (χ4n) is 0.806. The lowest BCUT2D eigenvalue weighted by molar-refractivity contribution is 0.446. The molecule has 1 rings (SSSR count). The van der Waals surface area contributed by atoms with Gasteiger partial charge >= 0.3 is 0 Å². The van der Waals surface area contributed by atoms with Crippen molar-refractivity contribution in [2.75, 3.05) is 0 Å². The number of aromatic hydroxyl groups is 1. The molecular weight excluding hydrogens is 140 g/mol. The Hall–Kier alpha value is -0.990. The van der Waals surface area contributed by atoms with Crippen molar-refractivity contribution in [2.45, 2.75) is 33.1 Å². The van der Waals surface area contributed by atoms with Crippen LogP contribution < -0.4 is 0 Å². The summed E-state index contributed by atoms with van der Waals surface area (Å²) in [5, 5.41) is 9.16. The molecule has 0 saturated heterocycles. The molecule has 0 aliphatic carbocycles. The van der Waals surface area contributed by atoms with E-state index in [1.165, 1.54) is 0 Å². The quantitative estimate of drug-likeness (QED) is 0.597. The summed E-state index contributed by atoms with van der Waals surface area (Å²) in [6, 6.07) is 0. The molecule has 1 aromatic rings. The van der Waals surface area contributed by atoms with E-state index in [4.69, 9.17) is 5.11 Å². The van der Waals surface area contributed by atoms with Gasteiger partial charge in [-0.3, -0.25) is 0 Å². The van der Waals surface area contributed by atoms with Crippen LogP contribution in [-0.2, 0) is 5.41 Å². The van der Waals surface area contributed by atoms with Crippen LogP contribution in [0.4, 0.5) is 0 Å². The Bertz CT molecular complexity index is 238. The van der Waals surface area contributed by atoms with Crippen molar-refractivity contribution < 1.29 is 5.11 Å². The van der Waals surface area contributed by atoms with Crippen LogP contribution in [0.2, 0.25) is 0 Å². The molecule has 0 bridgehead atoms. The first-order valence-electron chi connectivity index (χ1n) is 3.67. The predicted molar refractivity (Wildman–Crippen MR) is 43.7 cm³/mol.